The first-order chi connectivity index (χ1) is 18.4. The average molecular weight is 552 g/mol. The van der Waals surface area contributed by atoms with Crippen molar-refractivity contribution in [3.8, 4) is 11.5 Å². The fourth-order valence-electron chi connectivity index (χ4n) is 3.88. The quantitative estimate of drug-likeness (QED) is 0.135. The van der Waals surface area contributed by atoms with Crippen molar-refractivity contribution in [3.05, 3.63) is 88.5 Å². The molecule has 0 saturated heterocycles. The lowest BCUT2D eigenvalue weighted by molar-refractivity contribution is -0.179. The maximum atomic E-state index is 11.4. The molecule has 7 nitrogen and oxygen atoms in total. The van der Waals surface area contributed by atoms with E-state index in [1.807, 2.05) is 44.2 Å². The van der Waals surface area contributed by atoms with Gasteiger partial charge in [0, 0.05) is 17.8 Å². The molecule has 3 aromatic carbocycles. The van der Waals surface area contributed by atoms with Crippen LogP contribution in [-0.2, 0) is 22.7 Å². The zero-order valence-electron chi connectivity index (χ0n) is 22.2. The molecule has 0 spiro atoms. The number of nitrogens with zero attached hydrogens (tertiary/aromatic N) is 1. The van der Waals surface area contributed by atoms with E-state index in [2.05, 4.69) is 50.1 Å². The lowest BCUT2D eigenvalue weighted by Crippen LogP contribution is -2.26. The van der Waals surface area contributed by atoms with Gasteiger partial charge in [-0.3, -0.25) is 4.79 Å². The van der Waals surface area contributed by atoms with Crippen LogP contribution in [-0.4, -0.2) is 25.0 Å². The van der Waals surface area contributed by atoms with Gasteiger partial charge in [0.25, 0.3) is 0 Å². The van der Waals surface area contributed by atoms with Crippen LogP contribution in [0.1, 0.15) is 43.0 Å². The molecule has 1 amide bonds. The van der Waals surface area contributed by atoms with Gasteiger partial charge in [0.1, 0.15) is 6.61 Å². The van der Waals surface area contributed by atoms with E-state index in [9.17, 15) is 4.79 Å². The Morgan fingerprint density at radius 3 is 2.47 bits per heavy atom. The van der Waals surface area contributed by atoms with E-state index in [0.717, 1.165) is 34.3 Å². The van der Waals surface area contributed by atoms with Crippen molar-refractivity contribution in [2.75, 3.05) is 13.3 Å². The molecule has 0 aliphatic carbocycles. The number of hydrazone groups is 1. The zero-order valence-corrected chi connectivity index (χ0v) is 24.4. The third kappa shape index (κ3) is 7.88. The van der Waals surface area contributed by atoms with Gasteiger partial charge in [-0.25, -0.2) is 5.43 Å². The second-order valence-electron chi connectivity index (χ2n) is 8.30. The molecule has 0 bridgehead atoms. The Bertz CT molecular complexity index is 1290. The molecule has 200 valence electrons. The molecule has 0 aromatic heterocycles. The lowest BCUT2D eigenvalue weighted by atomic mass is 9.99. The fraction of sp³-hybridized carbons (Fsp3) is 0.241. The minimum absolute atomic E-state index is 0.173. The molecule has 0 saturated carbocycles. The molecule has 2 atom stereocenters. The van der Waals surface area contributed by atoms with Gasteiger partial charge in [-0.1, -0.05) is 88.7 Å². The summed E-state index contributed by atoms with van der Waals surface area (Å²) in [6, 6.07) is 20.1. The van der Waals surface area contributed by atoms with Crippen molar-refractivity contribution in [2.45, 2.75) is 33.8 Å². The smallest absolute Gasteiger partial charge is 0.237 e. The van der Waals surface area contributed by atoms with Gasteiger partial charge in [-0.05, 0) is 40.6 Å². The monoisotopic (exact) mass is 551 g/mol. The Balaban J connectivity index is 0.00000195. The molecular formula is C29H35N3O4P2. The molecule has 3 aromatic rings. The third-order valence-electron chi connectivity index (χ3n) is 5.55. The van der Waals surface area contributed by atoms with Gasteiger partial charge in [0.05, 0.1) is 7.11 Å². The molecule has 1 aliphatic rings. The van der Waals surface area contributed by atoms with Crippen LogP contribution in [0.4, 0.5) is 0 Å². The number of carbonyl (C=O) groups is 1. The summed E-state index contributed by atoms with van der Waals surface area (Å²) >= 11 is 0. The SMILES string of the molecule is CC.COOc1cc(/C(N)=N\NC(C)=O)c2c(c1OCc1ccccc1)PCC(Cc1ccc(P)cc1)=C2. The summed E-state index contributed by atoms with van der Waals surface area (Å²) in [5, 5.41) is 6.21. The third-order valence-corrected chi connectivity index (χ3v) is 7.41. The number of hydrogen-bond donors (Lipinski definition) is 2. The maximum absolute atomic E-state index is 11.4. The molecular weight excluding hydrogens is 516 g/mol. The van der Waals surface area contributed by atoms with Crippen molar-refractivity contribution < 1.29 is 19.3 Å². The number of amidine groups is 1. The highest BCUT2D eigenvalue weighted by Crippen LogP contribution is 2.40. The minimum atomic E-state index is -0.307. The summed E-state index contributed by atoms with van der Waals surface area (Å²) in [6.45, 7) is 5.76. The van der Waals surface area contributed by atoms with Gasteiger partial charge >= 0.3 is 0 Å². The van der Waals surface area contributed by atoms with E-state index >= 15 is 0 Å². The molecule has 3 N–H and O–H groups in total. The van der Waals surface area contributed by atoms with E-state index in [4.69, 9.17) is 20.2 Å². The van der Waals surface area contributed by atoms with Gasteiger partial charge in [-0.2, -0.15) is 9.99 Å². The van der Waals surface area contributed by atoms with Crippen molar-refractivity contribution in [3.63, 3.8) is 0 Å². The number of ether oxygens (including phenoxy) is 1. The normalized spacial score (nSPS) is 13.1. The Morgan fingerprint density at radius 2 is 1.82 bits per heavy atom. The first-order valence-electron chi connectivity index (χ1n) is 12.4. The summed E-state index contributed by atoms with van der Waals surface area (Å²) in [6.07, 6.45) is 3.87. The van der Waals surface area contributed by atoms with Crippen molar-refractivity contribution >= 4 is 46.2 Å². The van der Waals surface area contributed by atoms with E-state index in [1.54, 1.807) is 6.07 Å². The first kappa shape index (κ1) is 29.3. The van der Waals surface area contributed by atoms with Gasteiger partial charge in [0.15, 0.2) is 11.6 Å². The average Bonchev–Trinajstić information content (AvgIpc) is 2.94. The first-order valence-corrected chi connectivity index (χ1v) is 14.2. The predicted molar refractivity (Wildman–Crippen MR) is 161 cm³/mol. The second-order valence-corrected chi connectivity index (χ2v) is 10.2. The molecule has 2 unspecified atom stereocenters. The maximum Gasteiger partial charge on any atom is 0.237 e. The van der Waals surface area contributed by atoms with Gasteiger partial charge in [-0.15, -0.1) is 9.24 Å². The Labute approximate surface area is 228 Å². The molecule has 0 radical (unpaired) electrons. The van der Waals surface area contributed by atoms with Gasteiger partial charge in [0.2, 0.25) is 11.7 Å². The van der Waals surface area contributed by atoms with Crippen LogP contribution >= 0.6 is 17.8 Å². The summed E-state index contributed by atoms with van der Waals surface area (Å²) in [5.74, 6) is 0.890. The Hall–Kier alpha value is -3.24. The number of hydrogen-bond acceptors (Lipinski definition) is 5. The summed E-state index contributed by atoms with van der Waals surface area (Å²) in [7, 11) is 4.58. The highest BCUT2D eigenvalue weighted by Gasteiger charge is 2.25. The van der Waals surface area contributed by atoms with Crippen molar-refractivity contribution in [1.29, 1.82) is 0 Å². The fourth-order valence-corrected chi connectivity index (χ4v) is 5.46. The van der Waals surface area contributed by atoms with Gasteiger partial charge < -0.3 is 15.4 Å². The highest BCUT2D eigenvalue weighted by molar-refractivity contribution is 7.48. The number of amides is 1. The number of fused-ring (bicyclic) bond motifs is 1. The van der Waals surface area contributed by atoms with Crippen LogP contribution in [0.3, 0.4) is 0 Å². The number of nitrogens with two attached hydrogens (primary N) is 1. The molecule has 38 heavy (non-hydrogen) atoms. The van der Waals surface area contributed by atoms with Crippen LogP contribution in [0.15, 0.2) is 71.3 Å². The van der Waals surface area contributed by atoms with Crippen molar-refractivity contribution in [1.82, 2.24) is 5.43 Å². The standard InChI is InChI=1S/C27H29N3O4P2.C2H6/c1-17(31)29-30-27(28)23-14-24(34-32-2)25(33-15-19-6-4-3-5-7-19)26-22(23)13-20(16-36-26)12-18-8-10-21(35)11-9-18;1-2/h3-11,13-14,36H,12,15-16,35H2,1-2H3,(H2,28,30)(H,29,31);1-2H3. The van der Waals surface area contributed by atoms with Crippen LogP contribution in [0.2, 0.25) is 0 Å². The summed E-state index contributed by atoms with van der Waals surface area (Å²) in [4.78, 5) is 22.0. The van der Waals surface area contributed by atoms with E-state index < -0.39 is 0 Å². The highest BCUT2D eigenvalue weighted by atomic mass is 31.1. The minimum Gasteiger partial charge on any atom is -0.484 e. The van der Waals surface area contributed by atoms with E-state index in [0.29, 0.717) is 32.3 Å². The van der Waals surface area contributed by atoms with E-state index in [1.165, 1.54) is 25.2 Å². The molecule has 4 rings (SSSR count). The lowest BCUT2D eigenvalue weighted by Gasteiger charge is -2.24. The number of rotatable bonds is 9. The van der Waals surface area contributed by atoms with Crippen LogP contribution in [0.25, 0.3) is 6.08 Å². The van der Waals surface area contributed by atoms with E-state index in [-0.39, 0.29) is 11.7 Å². The van der Waals surface area contributed by atoms with Crippen LogP contribution < -0.4 is 31.4 Å². The van der Waals surface area contributed by atoms with Crippen LogP contribution in [0, 0.1) is 0 Å². The molecule has 1 heterocycles. The number of benzene rings is 3. The Kier molecular flexibility index (Phi) is 11.3. The number of carbonyl (C=O) groups excluding carboxylic acids is 1. The molecule has 1 aliphatic heterocycles. The molecule has 9 heteroatoms. The van der Waals surface area contributed by atoms with Crippen LogP contribution in [0.5, 0.6) is 11.5 Å². The summed E-state index contributed by atoms with van der Waals surface area (Å²) < 4.78 is 6.29. The molecule has 0 fully saturated rings. The zero-order chi connectivity index (χ0) is 27.5. The van der Waals surface area contributed by atoms with Crippen molar-refractivity contribution in [2.24, 2.45) is 10.8 Å². The predicted octanol–water partition coefficient (Wildman–Crippen LogP) is 4.43. The largest absolute Gasteiger partial charge is 0.484 e. The number of allylic oxidation sites excluding steroid dienone is 1. The topological polar surface area (TPSA) is 95.2 Å². The Morgan fingerprint density at radius 1 is 1.11 bits per heavy atom. The summed E-state index contributed by atoms with van der Waals surface area (Å²) in [5.41, 5.74) is 13.9. The number of nitrogens with one attached hydrogen (secondary N) is 1. The second kappa shape index (κ2) is 14.6.